The molecule has 2 nitrogen and oxygen atoms in total. The standard InChI is InChI=1S/C10H12BrClN2/c11-9-7-8(12)1-2-10(9)14-5-3-13-4-6-14/h1-2,7,13H,3-6H2. The molecule has 1 N–H and O–H groups in total. The molecular weight excluding hydrogens is 263 g/mol. The predicted octanol–water partition coefficient (Wildman–Crippen LogP) is 2.51. The summed E-state index contributed by atoms with van der Waals surface area (Å²) in [5.74, 6) is 0. The summed E-state index contributed by atoms with van der Waals surface area (Å²) in [5.41, 5.74) is 1.23. The van der Waals surface area contributed by atoms with Gasteiger partial charge in [0.15, 0.2) is 0 Å². The van der Waals surface area contributed by atoms with E-state index in [4.69, 9.17) is 11.6 Å². The number of hydrogen-bond donors (Lipinski definition) is 1. The molecule has 1 fully saturated rings. The van der Waals surface area contributed by atoms with E-state index in [-0.39, 0.29) is 0 Å². The molecule has 1 heterocycles. The van der Waals surface area contributed by atoms with E-state index in [0.717, 1.165) is 35.7 Å². The van der Waals surface area contributed by atoms with Crippen molar-refractivity contribution >= 4 is 33.2 Å². The molecular formula is C10H12BrClN2. The van der Waals surface area contributed by atoms with Gasteiger partial charge in [-0.3, -0.25) is 0 Å². The zero-order chi connectivity index (χ0) is 9.97. The Hall–Kier alpha value is -0.250. The highest BCUT2D eigenvalue weighted by atomic mass is 79.9. The average Bonchev–Trinajstić information content (AvgIpc) is 2.19. The summed E-state index contributed by atoms with van der Waals surface area (Å²) in [6.45, 7) is 4.21. The number of hydrogen-bond acceptors (Lipinski definition) is 2. The molecule has 1 aromatic rings. The van der Waals surface area contributed by atoms with Gasteiger partial charge in [0, 0.05) is 35.7 Å². The maximum absolute atomic E-state index is 5.90. The molecule has 0 bridgehead atoms. The molecule has 1 aromatic carbocycles. The minimum absolute atomic E-state index is 0.774. The molecule has 14 heavy (non-hydrogen) atoms. The fraction of sp³-hybridized carbons (Fsp3) is 0.400. The van der Waals surface area contributed by atoms with Crippen LogP contribution in [0.3, 0.4) is 0 Å². The first-order chi connectivity index (χ1) is 6.77. The van der Waals surface area contributed by atoms with Gasteiger partial charge in [0.05, 0.1) is 5.69 Å². The van der Waals surface area contributed by atoms with Crippen molar-refractivity contribution in [1.29, 1.82) is 0 Å². The van der Waals surface area contributed by atoms with Crippen LogP contribution in [0.15, 0.2) is 22.7 Å². The van der Waals surface area contributed by atoms with Crippen LogP contribution in [0.2, 0.25) is 5.02 Å². The Morgan fingerprint density at radius 2 is 2.00 bits per heavy atom. The zero-order valence-electron chi connectivity index (χ0n) is 7.76. The first-order valence-corrected chi connectivity index (χ1v) is 5.85. The molecule has 0 radical (unpaired) electrons. The smallest absolute Gasteiger partial charge is 0.0512 e. The van der Waals surface area contributed by atoms with Crippen molar-refractivity contribution < 1.29 is 0 Å². The highest BCUT2D eigenvalue weighted by molar-refractivity contribution is 9.10. The van der Waals surface area contributed by atoms with Crippen LogP contribution in [-0.2, 0) is 0 Å². The molecule has 0 saturated carbocycles. The van der Waals surface area contributed by atoms with Gasteiger partial charge in [-0.25, -0.2) is 0 Å². The van der Waals surface area contributed by atoms with Crippen molar-refractivity contribution in [3.05, 3.63) is 27.7 Å². The molecule has 1 saturated heterocycles. The third kappa shape index (κ3) is 2.22. The number of anilines is 1. The lowest BCUT2D eigenvalue weighted by molar-refractivity contribution is 0.588. The van der Waals surface area contributed by atoms with Gasteiger partial charge < -0.3 is 10.2 Å². The maximum Gasteiger partial charge on any atom is 0.0512 e. The highest BCUT2D eigenvalue weighted by Crippen LogP contribution is 2.29. The van der Waals surface area contributed by atoms with E-state index in [9.17, 15) is 0 Å². The van der Waals surface area contributed by atoms with E-state index >= 15 is 0 Å². The van der Waals surface area contributed by atoms with E-state index in [2.05, 4.69) is 32.2 Å². The molecule has 4 heteroatoms. The van der Waals surface area contributed by atoms with Crippen molar-refractivity contribution in [2.75, 3.05) is 31.1 Å². The summed E-state index contributed by atoms with van der Waals surface area (Å²) >= 11 is 9.43. The quantitative estimate of drug-likeness (QED) is 0.847. The van der Waals surface area contributed by atoms with Crippen LogP contribution >= 0.6 is 27.5 Å². The van der Waals surface area contributed by atoms with Crippen LogP contribution in [0, 0.1) is 0 Å². The average molecular weight is 276 g/mol. The third-order valence-electron chi connectivity index (χ3n) is 2.37. The number of halogens is 2. The Morgan fingerprint density at radius 1 is 1.29 bits per heavy atom. The van der Waals surface area contributed by atoms with Crippen LogP contribution in [-0.4, -0.2) is 26.2 Å². The van der Waals surface area contributed by atoms with Gasteiger partial charge in [-0.05, 0) is 34.1 Å². The molecule has 0 amide bonds. The number of nitrogens with one attached hydrogen (secondary N) is 1. The van der Waals surface area contributed by atoms with Crippen molar-refractivity contribution in [3.63, 3.8) is 0 Å². The van der Waals surface area contributed by atoms with E-state index < -0.39 is 0 Å². The Bertz CT molecular complexity index is 324. The lowest BCUT2D eigenvalue weighted by Crippen LogP contribution is -2.43. The molecule has 0 unspecified atom stereocenters. The Labute approximate surface area is 97.4 Å². The van der Waals surface area contributed by atoms with E-state index in [1.165, 1.54) is 5.69 Å². The Balaban J connectivity index is 2.22. The topological polar surface area (TPSA) is 15.3 Å². The molecule has 1 aliphatic rings. The summed E-state index contributed by atoms with van der Waals surface area (Å²) < 4.78 is 1.08. The summed E-state index contributed by atoms with van der Waals surface area (Å²) in [4.78, 5) is 2.36. The number of rotatable bonds is 1. The van der Waals surface area contributed by atoms with Crippen LogP contribution in [0.25, 0.3) is 0 Å². The molecule has 0 aromatic heterocycles. The second-order valence-corrected chi connectivity index (χ2v) is 4.62. The van der Waals surface area contributed by atoms with E-state index in [1.54, 1.807) is 0 Å². The predicted molar refractivity (Wildman–Crippen MR) is 64.2 cm³/mol. The molecule has 0 atom stereocenters. The molecule has 0 spiro atoms. The number of piperazine rings is 1. The lowest BCUT2D eigenvalue weighted by atomic mass is 10.2. The molecule has 1 aliphatic heterocycles. The Kier molecular flexibility index (Phi) is 3.31. The molecule has 76 valence electrons. The van der Waals surface area contributed by atoms with E-state index in [0.29, 0.717) is 0 Å². The minimum atomic E-state index is 0.774. The van der Waals surface area contributed by atoms with Crippen LogP contribution in [0.4, 0.5) is 5.69 Å². The van der Waals surface area contributed by atoms with Crippen LogP contribution in [0.1, 0.15) is 0 Å². The largest absolute Gasteiger partial charge is 0.368 e. The minimum Gasteiger partial charge on any atom is -0.368 e. The second kappa shape index (κ2) is 4.51. The van der Waals surface area contributed by atoms with E-state index in [1.807, 2.05) is 12.1 Å². The summed E-state index contributed by atoms with van der Waals surface area (Å²) in [6.07, 6.45) is 0. The first-order valence-electron chi connectivity index (χ1n) is 4.68. The second-order valence-electron chi connectivity index (χ2n) is 3.33. The molecule has 0 aliphatic carbocycles. The fourth-order valence-corrected chi connectivity index (χ4v) is 2.58. The summed E-state index contributed by atoms with van der Waals surface area (Å²) in [5, 5.41) is 4.11. The number of nitrogens with zero attached hydrogens (tertiary/aromatic N) is 1. The Morgan fingerprint density at radius 3 is 2.64 bits per heavy atom. The lowest BCUT2D eigenvalue weighted by Gasteiger charge is -2.30. The highest BCUT2D eigenvalue weighted by Gasteiger charge is 2.12. The van der Waals surface area contributed by atoms with Crippen molar-refractivity contribution in [3.8, 4) is 0 Å². The summed E-state index contributed by atoms with van der Waals surface area (Å²) in [7, 11) is 0. The third-order valence-corrected chi connectivity index (χ3v) is 3.24. The maximum atomic E-state index is 5.90. The zero-order valence-corrected chi connectivity index (χ0v) is 10.1. The van der Waals surface area contributed by atoms with Crippen molar-refractivity contribution in [2.24, 2.45) is 0 Å². The van der Waals surface area contributed by atoms with Crippen molar-refractivity contribution in [2.45, 2.75) is 0 Å². The fourth-order valence-electron chi connectivity index (χ4n) is 1.64. The van der Waals surface area contributed by atoms with Gasteiger partial charge in [-0.15, -0.1) is 0 Å². The van der Waals surface area contributed by atoms with Crippen molar-refractivity contribution in [1.82, 2.24) is 5.32 Å². The van der Waals surface area contributed by atoms with Gasteiger partial charge >= 0.3 is 0 Å². The molecule has 2 rings (SSSR count). The monoisotopic (exact) mass is 274 g/mol. The van der Waals surface area contributed by atoms with Crippen LogP contribution < -0.4 is 10.2 Å². The normalized spacial score (nSPS) is 17.1. The van der Waals surface area contributed by atoms with Gasteiger partial charge in [0.2, 0.25) is 0 Å². The number of benzene rings is 1. The first kappa shape index (κ1) is 10.3. The summed E-state index contributed by atoms with van der Waals surface area (Å²) in [6, 6.07) is 5.94. The van der Waals surface area contributed by atoms with Gasteiger partial charge in [0.25, 0.3) is 0 Å². The SMILES string of the molecule is Clc1ccc(N2CCNCC2)c(Br)c1. The van der Waals surface area contributed by atoms with Gasteiger partial charge in [-0.2, -0.15) is 0 Å². The van der Waals surface area contributed by atoms with Gasteiger partial charge in [-0.1, -0.05) is 11.6 Å². The van der Waals surface area contributed by atoms with Gasteiger partial charge in [0.1, 0.15) is 0 Å². The van der Waals surface area contributed by atoms with Crippen LogP contribution in [0.5, 0.6) is 0 Å².